The zero-order chi connectivity index (χ0) is 22.6. The highest BCUT2D eigenvalue weighted by atomic mass is 19.4. The number of carbonyl (C=O) groups is 2. The molecule has 0 unspecified atom stereocenters. The molecule has 160 valence electrons. The van der Waals surface area contributed by atoms with Gasteiger partial charge in [-0.05, 0) is 51.1 Å². The zero-order valence-corrected chi connectivity index (χ0v) is 16.7. The molecule has 30 heavy (non-hydrogen) atoms. The number of carboxylic acid groups (broad SMARTS) is 1. The highest BCUT2D eigenvalue weighted by molar-refractivity contribution is 6.03. The number of imidazole rings is 1. The number of aryl methyl sites for hydroxylation is 3. The predicted octanol–water partition coefficient (Wildman–Crippen LogP) is 3.42. The minimum atomic E-state index is -5.08. The number of nitrogens with zero attached hydrogens (tertiary/aromatic N) is 4. The lowest BCUT2D eigenvalue weighted by Crippen LogP contribution is -2.21. The Labute approximate surface area is 170 Å². The molecule has 0 aliphatic carbocycles. The summed E-state index contributed by atoms with van der Waals surface area (Å²) in [5, 5.41) is 14.2. The van der Waals surface area contributed by atoms with Gasteiger partial charge < -0.3 is 15.0 Å². The number of amides is 1. The average Bonchev–Trinajstić information content (AvgIpc) is 3.17. The smallest absolute Gasteiger partial charge is 0.475 e. The van der Waals surface area contributed by atoms with Gasteiger partial charge in [0.2, 0.25) is 0 Å². The van der Waals surface area contributed by atoms with Gasteiger partial charge in [0.15, 0.2) is 0 Å². The van der Waals surface area contributed by atoms with E-state index in [0.717, 1.165) is 28.5 Å². The van der Waals surface area contributed by atoms with Gasteiger partial charge in [0, 0.05) is 24.1 Å². The lowest BCUT2D eigenvalue weighted by atomic mass is 10.2. The summed E-state index contributed by atoms with van der Waals surface area (Å²) in [4.78, 5) is 25.5. The number of nitrogens with one attached hydrogen (secondary N) is 1. The maximum Gasteiger partial charge on any atom is 0.490 e. The first-order chi connectivity index (χ1) is 13.9. The van der Waals surface area contributed by atoms with Crippen molar-refractivity contribution in [2.45, 2.75) is 26.9 Å². The number of aromatic nitrogens is 4. The summed E-state index contributed by atoms with van der Waals surface area (Å²) in [5.41, 5.74) is 5.22. The van der Waals surface area contributed by atoms with Crippen molar-refractivity contribution in [1.82, 2.24) is 19.3 Å². The van der Waals surface area contributed by atoms with E-state index in [2.05, 4.69) is 15.4 Å². The molecule has 0 radical (unpaired) electrons. The second-order valence-electron chi connectivity index (χ2n) is 6.38. The van der Waals surface area contributed by atoms with Crippen LogP contribution in [0.25, 0.3) is 5.69 Å². The molecule has 2 aromatic heterocycles. The monoisotopic (exact) mass is 423 g/mol. The third-order valence-corrected chi connectivity index (χ3v) is 4.13. The molecule has 2 heterocycles. The van der Waals surface area contributed by atoms with Gasteiger partial charge >= 0.3 is 12.1 Å². The van der Waals surface area contributed by atoms with E-state index >= 15 is 0 Å². The molecule has 3 aromatic rings. The molecule has 0 spiro atoms. The molecule has 2 N–H and O–H groups in total. The fourth-order valence-electron chi connectivity index (χ4n) is 2.48. The van der Waals surface area contributed by atoms with E-state index < -0.39 is 12.1 Å². The first kappa shape index (κ1) is 22.7. The molecule has 1 aromatic carbocycles. The maximum atomic E-state index is 12.3. The second-order valence-corrected chi connectivity index (χ2v) is 6.38. The lowest BCUT2D eigenvalue weighted by molar-refractivity contribution is -0.192. The number of carboxylic acids is 1. The Balaban J connectivity index is 0.000000396. The van der Waals surface area contributed by atoms with Gasteiger partial charge in [-0.3, -0.25) is 9.48 Å². The molecular weight excluding hydrogens is 403 g/mol. The number of carbonyl (C=O) groups excluding carboxylic acids is 1. The molecule has 0 fully saturated rings. The summed E-state index contributed by atoms with van der Waals surface area (Å²) in [6.45, 7) is 5.88. The lowest BCUT2D eigenvalue weighted by Gasteiger charge is -2.08. The Kier molecular flexibility index (Phi) is 6.65. The second kappa shape index (κ2) is 8.80. The highest BCUT2D eigenvalue weighted by Gasteiger charge is 2.38. The molecule has 0 atom stereocenters. The predicted molar refractivity (Wildman–Crippen MR) is 103 cm³/mol. The van der Waals surface area contributed by atoms with Gasteiger partial charge in [-0.25, -0.2) is 9.78 Å². The van der Waals surface area contributed by atoms with E-state index in [4.69, 9.17) is 9.90 Å². The van der Waals surface area contributed by atoms with Crippen LogP contribution in [0.15, 0.2) is 36.7 Å². The van der Waals surface area contributed by atoms with E-state index in [1.54, 1.807) is 24.1 Å². The fraction of sp³-hybridized carbons (Fsp3) is 0.263. The Morgan fingerprint density at radius 3 is 2.07 bits per heavy atom. The number of alkyl halides is 3. The zero-order valence-electron chi connectivity index (χ0n) is 16.7. The first-order valence-electron chi connectivity index (χ1n) is 8.63. The quantitative estimate of drug-likeness (QED) is 0.672. The molecule has 0 saturated heterocycles. The van der Waals surface area contributed by atoms with Crippen LogP contribution in [0.2, 0.25) is 0 Å². The summed E-state index contributed by atoms with van der Waals surface area (Å²) in [6.07, 6.45) is -3.28. The Bertz CT molecular complexity index is 1050. The molecule has 3 rings (SSSR count). The number of anilines is 1. The van der Waals surface area contributed by atoms with Crippen molar-refractivity contribution in [2.24, 2.45) is 7.05 Å². The van der Waals surface area contributed by atoms with Gasteiger partial charge in [0.25, 0.3) is 5.91 Å². The third kappa shape index (κ3) is 5.46. The molecule has 0 saturated carbocycles. The number of halogens is 3. The highest BCUT2D eigenvalue weighted by Crippen LogP contribution is 2.17. The van der Waals surface area contributed by atoms with Crippen molar-refractivity contribution in [1.29, 1.82) is 0 Å². The Hall–Kier alpha value is -3.63. The number of benzene rings is 1. The number of hydrogen-bond donors (Lipinski definition) is 2. The van der Waals surface area contributed by atoms with Crippen LogP contribution in [0.3, 0.4) is 0 Å². The standard InChI is InChI=1S/C17H19N5O.C2HF3O2/c1-11-9-16(21(4)20-11)17(23)19-14-5-7-15(8-6-14)22-10-18-12(2)13(22)3;3-2(4,5)1(6)7/h5-10H,1-4H3,(H,19,23);(H,6,7). The summed E-state index contributed by atoms with van der Waals surface area (Å²) in [7, 11) is 1.76. The summed E-state index contributed by atoms with van der Waals surface area (Å²) in [5.74, 6) is -2.93. The van der Waals surface area contributed by atoms with Crippen molar-refractivity contribution in [3.63, 3.8) is 0 Å². The van der Waals surface area contributed by atoms with E-state index in [-0.39, 0.29) is 5.91 Å². The molecule has 0 bridgehead atoms. The number of hydrogen-bond acceptors (Lipinski definition) is 4. The third-order valence-electron chi connectivity index (χ3n) is 4.13. The average molecular weight is 423 g/mol. The summed E-state index contributed by atoms with van der Waals surface area (Å²) in [6, 6.07) is 9.44. The van der Waals surface area contributed by atoms with Crippen LogP contribution in [0.5, 0.6) is 0 Å². The van der Waals surface area contributed by atoms with E-state index in [0.29, 0.717) is 5.69 Å². The summed E-state index contributed by atoms with van der Waals surface area (Å²) < 4.78 is 35.3. The van der Waals surface area contributed by atoms with Crippen LogP contribution < -0.4 is 5.32 Å². The van der Waals surface area contributed by atoms with Crippen molar-refractivity contribution in [2.75, 3.05) is 5.32 Å². The first-order valence-corrected chi connectivity index (χ1v) is 8.63. The van der Waals surface area contributed by atoms with Gasteiger partial charge in [0.1, 0.15) is 5.69 Å². The van der Waals surface area contributed by atoms with Gasteiger partial charge in [-0.2, -0.15) is 18.3 Å². The Morgan fingerprint density at radius 2 is 1.67 bits per heavy atom. The normalized spacial score (nSPS) is 10.9. The van der Waals surface area contributed by atoms with E-state index in [1.807, 2.05) is 49.6 Å². The van der Waals surface area contributed by atoms with Crippen molar-refractivity contribution < 1.29 is 27.9 Å². The van der Waals surface area contributed by atoms with Crippen LogP contribution in [-0.4, -0.2) is 42.5 Å². The largest absolute Gasteiger partial charge is 0.490 e. The molecule has 1 amide bonds. The SMILES string of the molecule is Cc1cc(C(=O)Nc2ccc(-n3cnc(C)c3C)cc2)n(C)n1.O=C(O)C(F)(F)F. The van der Waals surface area contributed by atoms with E-state index in [1.165, 1.54) is 0 Å². The van der Waals surface area contributed by atoms with Crippen molar-refractivity contribution in [3.8, 4) is 5.69 Å². The molecule has 0 aliphatic heterocycles. The minimum Gasteiger partial charge on any atom is -0.475 e. The van der Waals surface area contributed by atoms with Crippen molar-refractivity contribution in [3.05, 3.63) is 59.4 Å². The van der Waals surface area contributed by atoms with Gasteiger partial charge in [-0.1, -0.05) is 0 Å². The van der Waals surface area contributed by atoms with Crippen molar-refractivity contribution >= 4 is 17.6 Å². The number of rotatable bonds is 3. The van der Waals surface area contributed by atoms with Crippen LogP contribution in [-0.2, 0) is 11.8 Å². The molecular formula is C19H20F3N5O3. The topological polar surface area (TPSA) is 102 Å². The van der Waals surface area contributed by atoms with Crippen LogP contribution >= 0.6 is 0 Å². The van der Waals surface area contributed by atoms with Crippen LogP contribution in [0.4, 0.5) is 18.9 Å². The van der Waals surface area contributed by atoms with Gasteiger partial charge in [0.05, 0.1) is 17.7 Å². The maximum absolute atomic E-state index is 12.3. The fourth-order valence-corrected chi connectivity index (χ4v) is 2.48. The number of aliphatic carboxylic acids is 1. The molecule has 8 nitrogen and oxygen atoms in total. The van der Waals surface area contributed by atoms with Crippen LogP contribution in [0.1, 0.15) is 27.6 Å². The van der Waals surface area contributed by atoms with Crippen LogP contribution in [0, 0.1) is 20.8 Å². The summed E-state index contributed by atoms with van der Waals surface area (Å²) >= 11 is 0. The van der Waals surface area contributed by atoms with Gasteiger partial charge in [-0.15, -0.1) is 0 Å². The minimum absolute atomic E-state index is 0.171. The van der Waals surface area contributed by atoms with E-state index in [9.17, 15) is 18.0 Å². The Morgan fingerprint density at radius 1 is 1.10 bits per heavy atom. The molecule has 0 aliphatic rings. The molecule has 11 heteroatoms.